The van der Waals surface area contributed by atoms with Crippen LogP contribution in [0, 0.1) is 11.8 Å². The van der Waals surface area contributed by atoms with E-state index in [1.54, 1.807) is 27.7 Å². The quantitative estimate of drug-likeness (QED) is 0.0187. The van der Waals surface area contributed by atoms with Crippen molar-refractivity contribution in [3.63, 3.8) is 0 Å². The molecule has 77 heavy (non-hydrogen) atoms. The van der Waals surface area contributed by atoms with Gasteiger partial charge in [0.1, 0.15) is 54.1 Å². The van der Waals surface area contributed by atoms with Crippen molar-refractivity contribution < 1.29 is 67.7 Å². The Kier molecular flexibility index (Phi) is 25.5. The summed E-state index contributed by atoms with van der Waals surface area (Å²) in [6.45, 7) is 5.02. The van der Waals surface area contributed by atoms with E-state index >= 15 is 0 Å². The molecule has 0 saturated carbocycles. The topological polar surface area (TPSA) is 473 Å². The number of carbonyl (C=O) groups is 12. The molecule has 1 aromatic rings. The summed E-state index contributed by atoms with van der Waals surface area (Å²) in [6, 6.07) is -5.20. The van der Waals surface area contributed by atoms with Gasteiger partial charge < -0.3 is 85.9 Å². The third-order valence-corrected chi connectivity index (χ3v) is 12.1. The second-order valence-electron chi connectivity index (χ2n) is 19.6. The first-order valence-electron chi connectivity index (χ1n) is 25.3. The second kappa shape index (κ2) is 31.1. The van der Waals surface area contributed by atoms with Gasteiger partial charge in [0.05, 0.1) is 26.1 Å². The van der Waals surface area contributed by atoms with E-state index in [0.717, 1.165) is 0 Å². The van der Waals surface area contributed by atoms with Crippen molar-refractivity contribution in [3.8, 4) is 5.75 Å². The van der Waals surface area contributed by atoms with Gasteiger partial charge in [-0.15, -0.1) is 0 Å². The van der Waals surface area contributed by atoms with Crippen LogP contribution < -0.4 is 70.8 Å². The number of guanidine groups is 1. The molecule has 2 saturated heterocycles. The molecule has 426 valence electrons. The van der Waals surface area contributed by atoms with E-state index in [0.29, 0.717) is 12.0 Å². The highest BCUT2D eigenvalue weighted by Crippen LogP contribution is 2.21. The number of aliphatic hydroxyl groups excluding tert-OH is 1. The first-order valence-corrected chi connectivity index (χ1v) is 25.3. The average molecular weight is 1090 g/mol. The molecule has 29 heteroatoms. The van der Waals surface area contributed by atoms with E-state index in [9.17, 15) is 67.7 Å². The predicted octanol–water partition coefficient (Wildman–Crippen LogP) is -6.16. The maximum Gasteiger partial charge on any atom is 0.245 e. The lowest BCUT2D eigenvalue weighted by Crippen LogP contribution is -2.60. The van der Waals surface area contributed by atoms with Gasteiger partial charge in [-0.05, 0) is 74.5 Å². The molecule has 0 aromatic heterocycles. The Morgan fingerprint density at radius 2 is 1.25 bits per heavy atom. The molecule has 0 bridgehead atoms. The third-order valence-electron chi connectivity index (χ3n) is 12.1. The molecule has 0 spiro atoms. The number of rotatable bonds is 31. The van der Waals surface area contributed by atoms with Gasteiger partial charge in [0.2, 0.25) is 70.9 Å². The number of aliphatic hydroxyl groups is 1. The summed E-state index contributed by atoms with van der Waals surface area (Å²) in [4.78, 5) is 163. The van der Waals surface area contributed by atoms with Crippen molar-refractivity contribution >= 4 is 76.8 Å². The highest BCUT2D eigenvalue weighted by molar-refractivity contribution is 5.99. The van der Waals surface area contributed by atoms with Crippen molar-refractivity contribution in [1.29, 1.82) is 0 Å². The fraction of sp³-hybridized carbons (Fsp3) is 0.604. The van der Waals surface area contributed by atoms with Gasteiger partial charge in [-0.2, -0.15) is 0 Å². The number of carbonyl (C=O) groups excluding carboxylic acids is 12. The highest BCUT2D eigenvalue weighted by atomic mass is 16.3. The largest absolute Gasteiger partial charge is 0.508 e. The number of aliphatic imine (C=N–C) groups is 1. The number of aromatic hydroxyl groups is 1. The molecule has 0 aliphatic carbocycles. The number of phenolic OH excluding ortho intramolecular Hbond substituents is 1. The van der Waals surface area contributed by atoms with Crippen LogP contribution in [-0.2, 0) is 64.0 Å². The molecule has 2 aliphatic rings. The number of hydrogen-bond acceptors (Lipinski definition) is 15. The molecule has 0 radical (unpaired) electrons. The van der Waals surface area contributed by atoms with Gasteiger partial charge >= 0.3 is 0 Å². The smallest absolute Gasteiger partial charge is 0.245 e. The summed E-state index contributed by atoms with van der Waals surface area (Å²) in [6.07, 6.45) is 0.295. The standard InChI is InChI=1S/C48H75N15O14/c1-24(2)17-30(42(72)58-29(7-5-15-53-48(51)52)47(77)63-16-6-8-35(63)46(76)54-21-37(50)67)57-39(69)22-55-40(70)32(19-26-9-11-27(65)12-10-26)60-45(75)34(23-64)62-44(74)33(20-36(49)66)61-43(73)31(18-25(3)4)59-41(71)28-13-14-38(68)56-28/h9-12,24-25,28-35,64-65H,5-8,13-23H2,1-4H3,(H2,49,66)(H2,50,67)(H,54,76)(H,55,70)(H,56,68)(H,57,69)(H,58,72)(H,59,71)(H,60,75)(H,61,73)(H,62,74)(H4,51,52,53)/t28-,29-,30-,31-,32-,33-,34-,35-/m0/s1. The number of nitrogens with one attached hydrogen (secondary N) is 9. The van der Waals surface area contributed by atoms with Gasteiger partial charge in [0, 0.05) is 25.9 Å². The van der Waals surface area contributed by atoms with Crippen LogP contribution in [0.15, 0.2) is 29.3 Å². The molecule has 12 amide bonds. The fourth-order valence-corrected chi connectivity index (χ4v) is 8.35. The van der Waals surface area contributed by atoms with Crippen LogP contribution in [-0.4, -0.2) is 173 Å². The lowest BCUT2D eigenvalue weighted by molar-refractivity contribution is -0.142. The monoisotopic (exact) mass is 1090 g/mol. The van der Waals surface area contributed by atoms with E-state index < -0.39 is 139 Å². The van der Waals surface area contributed by atoms with Gasteiger partial charge in [-0.3, -0.25) is 62.5 Å². The van der Waals surface area contributed by atoms with E-state index in [-0.39, 0.29) is 93.9 Å². The van der Waals surface area contributed by atoms with Crippen LogP contribution >= 0.6 is 0 Å². The van der Waals surface area contributed by atoms with Crippen molar-refractivity contribution in [3.05, 3.63) is 29.8 Å². The van der Waals surface area contributed by atoms with E-state index in [1.807, 2.05) is 0 Å². The van der Waals surface area contributed by atoms with Crippen molar-refractivity contribution in [2.75, 3.05) is 32.8 Å². The fourth-order valence-electron chi connectivity index (χ4n) is 8.35. The summed E-state index contributed by atoms with van der Waals surface area (Å²) >= 11 is 0. The lowest BCUT2D eigenvalue weighted by Gasteiger charge is -2.30. The van der Waals surface area contributed by atoms with Gasteiger partial charge in [0.25, 0.3) is 0 Å². The Labute approximate surface area is 444 Å². The maximum atomic E-state index is 14.0. The first kappa shape index (κ1) is 63.2. The van der Waals surface area contributed by atoms with Crippen LogP contribution in [0.5, 0.6) is 5.75 Å². The number of benzene rings is 1. The highest BCUT2D eigenvalue weighted by Gasteiger charge is 2.39. The molecule has 2 fully saturated rings. The molecular formula is C48H75N15O14. The van der Waals surface area contributed by atoms with Crippen LogP contribution in [0.25, 0.3) is 0 Å². The minimum Gasteiger partial charge on any atom is -0.508 e. The predicted molar refractivity (Wildman–Crippen MR) is 274 cm³/mol. The van der Waals surface area contributed by atoms with Gasteiger partial charge in [0.15, 0.2) is 5.96 Å². The lowest BCUT2D eigenvalue weighted by atomic mass is 10.0. The molecule has 29 nitrogen and oxygen atoms in total. The van der Waals surface area contributed by atoms with E-state index in [1.165, 1.54) is 29.2 Å². The maximum absolute atomic E-state index is 14.0. The van der Waals surface area contributed by atoms with Crippen LogP contribution in [0.3, 0.4) is 0 Å². The number of nitrogens with zero attached hydrogens (tertiary/aromatic N) is 2. The average Bonchev–Trinajstić information content (AvgIpc) is 4.04. The number of phenols is 1. The van der Waals surface area contributed by atoms with Crippen LogP contribution in [0.2, 0.25) is 0 Å². The summed E-state index contributed by atoms with van der Waals surface area (Å²) in [5.74, 6) is -10.6. The van der Waals surface area contributed by atoms with Crippen molar-refractivity contribution in [2.24, 2.45) is 39.8 Å². The Hall–Kier alpha value is -8.11. The zero-order valence-corrected chi connectivity index (χ0v) is 43.7. The van der Waals surface area contributed by atoms with Crippen LogP contribution in [0.4, 0.5) is 0 Å². The summed E-state index contributed by atoms with van der Waals surface area (Å²) in [7, 11) is 0. The second-order valence-corrected chi connectivity index (χ2v) is 19.6. The zero-order chi connectivity index (χ0) is 57.5. The SMILES string of the molecule is CC(C)C[C@H](NC(=O)CNC(=O)[C@H](Cc1ccc(O)cc1)NC(=O)[C@H](CO)NC(=O)[C@H](CC(N)=O)NC(=O)[C@H](CC(C)C)NC(=O)[C@@H]1CCC(=O)N1)C(=O)N[C@@H](CCCN=C(N)N)C(=O)N1CCC[C@H]1C(=O)NCC(N)=O. The van der Waals surface area contributed by atoms with E-state index in [4.69, 9.17) is 22.9 Å². The molecule has 2 aliphatic heterocycles. The number of primary amides is 2. The van der Waals surface area contributed by atoms with Crippen molar-refractivity contribution in [2.45, 2.75) is 140 Å². The van der Waals surface area contributed by atoms with Gasteiger partial charge in [-0.25, -0.2) is 0 Å². The minimum absolute atomic E-state index is 0.00913. The minimum atomic E-state index is -1.82. The summed E-state index contributed by atoms with van der Waals surface area (Å²) in [5.41, 5.74) is 21.9. The van der Waals surface area contributed by atoms with Crippen molar-refractivity contribution in [1.82, 2.24) is 52.8 Å². The molecule has 8 atom stereocenters. The summed E-state index contributed by atoms with van der Waals surface area (Å²) < 4.78 is 0. The number of nitrogens with two attached hydrogens (primary N) is 4. The van der Waals surface area contributed by atoms with Crippen LogP contribution in [0.1, 0.15) is 91.0 Å². The molecule has 1 aromatic carbocycles. The molecule has 0 unspecified atom stereocenters. The molecule has 19 N–H and O–H groups in total. The molecule has 3 rings (SSSR count). The zero-order valence-electron chi connectivity index (χ0n) is 43.7. The number of amides is 12. The van der Waals surface area contributed by atoms with E-state index in [2.05, 4.69) is 52.8 Å². The number of hydrogen-bond donors (Lipinski definition) is 15. The number of likely N-dealkylation sites (tertiary alicyclic amines) is 1. The Morgan fingerprint density at radius 3 is 1.81 bits per heavy atom. The Balaban J connectivity index is 1.78. The first-order chi connectivity index (χ1) is 36.3. The van der Waals surface area contributed by atoms with Gasteiger partial charge in [-0.1, -0.05) is 39.8 Å². The third kappa shape index (κ3) is 21.9. The Bertz CT molecular complexity index is 2330. The molecule has 2 heterocycles. The normalized spacial score (nSPS) is 17.2. The Morgan fingerprint density at radius 1 is 0.675 bits per heavy atom. The summed E-state index contributed by atoms with van der Waals surface area (Å²) in [5, 5.41) is 42.3. The molecular weight excluding hydrogens is 1010 g/mol.